The lowest BCUT2D eigenvalue weighted by molar-refractivity contribution is 0.0807. The molecule has 1 heterocycles. The SMILES string of the molecule is O=C(O)N1CCN(C2CCc3cc(Br)ccc3C2)CC1. The summed E-state index contributed by atoms with van der Waals surface area (Å²) >= 11 is 3.53. The number of rotatable bonds is 1. The van der Waals surface area contributed by atoms with Crippen LogP contribution in [0.25, 0.3) is 0 Å². The van der Waals surface area contributed by atoms with E-state index in [1.54, 1.807) is 0 Å². The van der Waals surface area contributed by atoms with Crippen molar-refractivity contribution in [3.63, 3.8) is 0 Å². The van der Waals surface area contributed by atoms with Crippen LogP contribution in [-0.4, -0.2) is 53.2 Å². The number of benzene rings is 1. The van der Waals surface area contributed by atoms with Gasteiger partial charge in [0.2, 0.25) is 0 Å². The zero-order valence-electron chi connectivity index (χ0n) is 11.4. The molecule has 4 nitrogen and oxygen atoms in total. The number of carboxylic acid groups (broad SMARTS) is 1. The van der Waals surface area contributed by atoms with Crippen LogP contribution in [0.5, 0.6) is 0 Å². The molecule has 0 radical (unpaired) electrons. The van der Waals surface area contributed by atoms with Crippen molar-refractivity contribution in [1.29, 1.82) is 0 Å². The number of piperazine rings is 1. The van der Waals surface area contributed by atoms with Crippen LogP contribution in [0.4, 0.5) is 4.79 Å². The van der Waals surface area contributed by atoms with Gasteiger partial charge in [-0.3, -0.25) is 4.90 Å². The van der Waals surface area contributed by atoms with Crippen LogP contribution in [0.1, 0.15) is 17.5 Å². The smallest absolute Gasteiger partial charge is 0.407 e. The van der Waals surface area contributed by atoms with Gasteiger partial charge in [-0.15, -0.1) is 0 Å². The molecule has 1 aliphatic carbocycles. The molecule has 1 N–H and O–H groups in total. The number of fused-ring (bicyclic) bond motifs is 1. The van der Waals surface area contributed by atoms with E-state index >= 15 is 0 Å². The molecule has 108 valence electrons. The molecule has 5 heteroatoms. The van der Waals surface area contributed by atoms with E-state index in [1.165, 1.54) is 22.4 Å². The highest BCUT2D eigenvalue weighted by Gasteiger charge is 2.28. The first kappa shape index (κ1) is 13.9. The molecule has 0 bridgehead atoms. The summed E-state index contributed by atoms with van der Waals surface area (Å²) in [4.78, 5) is 14.9. The van der Waals surface area contributed by atoms with Gasteiger partial charge in [0.15, 0.2) is 0 Å². The highest BCUT2D eigenvalue weighted by atomic mass is 79.9. The average molecular weight is 339 g/mol. The first-order chi connectivity index (χ1) is 9.63. The van der Waals surface area contributed by atoms with Gasteiger partial charge in [-0.1, -0.05) is 22.0 Å². The third kappa shape index (κ3) is 2.83. The maximum absolute atomic E-state index is 10.9. The van der Waals surface area contributed by atoms with Crippen molar-refractivity contribution >= 4 is 22.0 Å². The Hall–Kier alpha value is -1.07. The summed E-state index contributed by atoms with van der Waals surface area (Å²) in [6, 6.07) is 7.14. The van der Waals surface area contributed by atoms with E-state index in [0.717, 1.165) is 30.4 Å². The number of hydrogen-bond acceptors (Lipinski definition) is 2. The van der Waals surface area contributed by atoms with E-state index in [1.807, 2.05) is 0 Å². The van der Waals surface area contributed by atoms with Crippen molar-refractivity contribution in [3.8, 4) is 0 Å². The Kier molecular flexibility index (Phi) is 3.98. The number of nitrogens with zero attached hydrogens (tertiary/aromatic N) is 2. The summed E-state index contributed by atoms with van der Waals surface area (Å²) in [5.41, 5.74) is 2.91. The van der Waals surface area contributed by atoms with Gasteiger partial charge in [0.05, 0.1) is 0 Å². The van der Waals surface area contributed by atoms with E-state index in [4.69, 9.17) is 5.11 Å². The maximum Gasteiger partial charge on any atom is 0.407 e. The molecule has 20 heavy (non-hydrogen) atoms. The van der Waals surface area contributed by atoms with Crippen molar-refractivity contribution in [3.05, 3.63) is 33.8 Å². The summed E-state index contributed by atoms with van der Waals surface area (Å²) in [6.45, 7) is 3.00. The van der Waals surface area contributed by atoms with Gasteiger partial charge in [-0.05, 0) is 42.5 Å². The number of aryl methyl sites for hydroxylation is 1. The minimum absolute atomic E-state index is 0.569. The second-order valence-electron chi connectivity index (χ2n) is 5.62. The molecule has 0 spiro atoms. The monoisotopic (exact) mass is 338 g/mol. The standard InChI is InChI=1S/C15H19BrN2O2/c16-13-3-1-12-10-14(4-2-11(12)9-13)17-5-7-18(8-6-17)15(19)20/h1,3,9,14H,2,4-8,10H2,(H,19,20). The number of halogens is 1. The molecule has 1 atom stereocenters. The van der Waals surface area contributed by atoms with Gasteiger partial charge in [0.1, 0.15) is 0 Å². The lowest BCUT2D eigenvalue weighted by Crippen LogP contribution is -2.52. The van der Waals surface area contributed by atoms with E-state index in [9.17, 15) is 4.79 Å². The summed E-state index contributed by atoms with van der Waals surface area (Å²) in [7, 11) is 0. The molecular weight excluding hydrogens is 320 g/mol. The van der Waals surface area contributed by atoms with Crippen LogP contribution >= 0.6 is 15.9 Å². The fourth-order valence-corrected chi connectivity index (χ4v) is 3.70. The van der Waals surface area contributed by atoms with Crippen molar-refractivity contribution in [1.82, 2.24) is 9.80 Å². The van der Waals surface area contributed by atoms with Gasteiger partial charge in [0, 0.05) is 36.7 Å². The Morgan fingerprint density at radius 1 is 1.20 bits per heavy atom. The predicted molar refractivity (Wildman–Crippen MR) is 81.1 cm³/mol. The molecule has 1 amide bonds. The van der Waals surface area contributed by atoms with Crippen LogP contribution in [0.2, 0.25) is 0 Å². The van der Waals surface area contributed by atoms with Crippen LogP contribution in [0.3, 0.4) is 0 Å². The van der Waals surface area contributed by atoms with Gasteiger partial charge in [-0.25, -0.2) is 4.79 Å². The van der Waals surface area contributed by atoms with Crippen molar-refractivity contribution in [2.45, 2.75) is 25.3 Å². The molecule has 1 fully saturated rings. The third-order valence-corrected chi connectivity index (χ3v) is 4.97. The Labute approximate surface area is 127 Å². The summed E-state index contributed by atoms with van der Waals surface area (Å²) in [6.07, 6.45) is 2.61. The van der Waals surface area contributed by atoms with Crippen LogP contribution < -0.4 is 0 Å². The largest absolute Gasteiger partial charge is 0.465 e. The molecular formula is C15H19BrN2O2. The van der Waals surface area contributed by atoms with Crippen LogP contribution in [0, 0.1) is 0 Å². The summed E-state index contributed by atoms with van der Waals surface area (Å²) in [5.74, 6) is 0. The zero-order chi connectivity index (χ0) is 14.1. The maximum atomic E-state index is 10.9. The number of carbonyl (C=O) groups is 1. The molecule has 0 saturated carbocycles. The molecule has 1 saturated heterocycles. The summed E-state index contributed by atoms with van der Waals surface area (Å²) in [5, 5.41) is 8.99. The Morgan fingerprint density at radius 2 is 1.95 bits per heavy atom. The quantitative estimate of drug-likeness (QED) is 0.855. The van der Waals surface area contributed by atoms with Gasteiger partial charge in [-0.2, -0.15) is 0 Å². The molecule has 2 aliphatic rings. The minimum atomic E-state index is -0.788. The normalized spacial score (nSPS) is 23.4. The lowest BCUT2D eigenvalue weighted by Gasteiger charge is -2.40. The predicted octanol–water partition coefficient (Wildman–Crippen LogP) is 2.60. The molecule has 1 aromatic carbocycles. The first-order valence-corrected chi connectivity index (χ1v) is 7.92. The fraction of sp³-hybridized carbons (Fsp3) is 0.533. The fourth-order valence-electron chi connectivity index (χ4n) is 3.29. The molecule has 3 rings (SSSR count). The highest BCUT2D eigenvalue weighted by Crippen LogP contribution is 2.27. The number of hydrogen-bond donors (Lipinski definition) is 1. The van der Waals surface area contributed by atoms with E-state index in [0.29, 0.717) is 19.1 Å². The van der Waals surface area contributed by atoms with E-state index in [-0.39, 0.29) is 0 Å². The minimum Gasteiger partial charge on any atom is -0.465 e. The lowest BCUT2D eigenvalue weighted by atomic mass is 9.87. The molecule has 0 aromatic heterocycles. The number of amides is 1. The highest BCUT2D eigenvalue weighted by molar-refractivity contribution is 9.10. The Morgan fingerprint density at radius 3 is 2.65 bits per heavy atom. The topological polar surface area (TPSA) is 43.8 Å². The zero-order valence-corrected chi connectivity index (χ0v) is 13.0. The van der Waals surface area contributed by atoms with Gasteiger partial charge in [0.25, 0.3) is 0 Å². The van der Waals surface area contributed by atoms with Crippen LogP contribution in [-0.2, 0) is 12.8 Å². The Balaban J connectivity index is 1.63. The molecule has 1 unspecified atom stereocenters. The van der Waals surface area contributed by atoms with Crippen molar-refractivity contribution < 1.29 is 9.90 Å². The third-order valence-electron chi connectivity index (χ3n) is 4.47. The molecule has 1 aliphatic heterocycles. The molecule has 1 aromatic rings. The van der Waals surface area contributed by atoms with Crippen LogP contribution in [0.15, 0.2) is 22.7 Å². The van der Waals surface area contributed by atoms with Crippen molar-refractivity contribution in [2.75, 3.05) is 26.2 Å². The van der Waals surface area contributed by atoms with Gasteiger partial charge >= 0.3 is 6.09 Å². The first-order valence-electron chi connectivity index (χ1n) is 7.13. The Bertz CT molecular complexity index is 513. The second-order valence-corrected chi connectivity index (χ2v) is 6.53. The average Bonchev–Trinajstić information content (AvgIpc) is 2.47. The summed E-state index contributed by atoms with van der Waals surface area (Å²) < 4.78 is 1.16. The van der Waals surface area contributed by atoms with E-state index in [2.05, 4.69) is 39.0 Å². The van der Waals surface area contributed by atoms with Gasteiger partial charge < -0.3 is 10.0 Å². The second kappa shape index (κ2) is 5.74. The van der Waals surface area contributed by atoms with E-state index < -0.39 is 6.09 Å². The van der Waals surface area contributed by atoms with Crippen molar-refractivity contribution in [2.24, 2.45) is 0 Å².